The van der Waals surface area contributed by atoms with Gasteiger partial charge < -0.3 is 19.4 Å². The molecule has 1 aromatic heterocycles. The van der Waals surface area contributed by atoms with Crippen LogP contribution in [0.15, 0.2) is 49.1 Å². The smallest absolute Gasteiger partial charge is 0.318 e. The molecule has 3 aliphatic rings. The van der Waals surface area contributed by atoms with Crippen LogP contribution in [0.3, 0.4) is 0 Å². The van der Waals surface area contributed by atoms with Crippen molar-refractivity contribution in [2.75, 3.05) is 42.6 Å². The van der Waals surface area contributed by atoms with Gasteiger partial charge in [-0.25, -0.2) is 0 Å². The summed E-state index contributed by atoms with van der Waals surface area (Å²) in [5, 5.41) is 12.0. The average Bonchev–Trinajstić information content (AvgIpc) is 3.86. The van der Waals surface area contributed by atoms with Crippen molar-refractivity contribution in [3.05, 3.63) is 65.9 Å². The minimum atomic E-state index is -0.220. The van der Waals surface area contributed by atoms with E-state index in [4.69, 9.17) is 14.7 Å². The lowest BCUT2D eigenvalue weighted by Crippen LogP contribution is -2.55. The van der Waals surface area contributed by atoms with Gasteiger partial charge in [-0.1, -0.05) is 43.8 Å². The van der Waals surface area contributed by atoms with Gasteiger partial charge in [0, 0.05) is 42.8 Å². The van der Waals surface area contributed by atoms with Crippen molar-refractivity contribution in [1.82, 2.24) is 14.9 Å². The summed E-state index contributed by atoms with van der Waals surface area (Å²) < 4.78 is 6.24. The van der Waals surface area contributed by atoms with Crippen molar-refractivity contribution in [3.63, 3.8) is 0 Å². The number of ether oxygens (including phenoxy) is 1. The number of anilines is 2. The van der Waals surface area contributed by atoms with E-state index in [9.17, 15) is 10.1 Å². The van der Waals surface area contributed by atoms with Crippen LogP contribution in [0.25, 0.3) is 10.8 Å². The Labute approximate surface area is 248 Å². The fraction of sp³-hybridized carbons (Fsp3) is 0.471. The molecule has 8 nitrogen and oxygen atoms in total. The van der Waals surface area contributed by atoms with E-state index in [0.717, 1.165) is 42.4 Å². The van der Waals surface area contributed by atoms with E-state index in [1.54, 1.807) is 4.90 Å². The molecule has 0 spiro atoms. The van der Waals surface area contributed by atoms with E-state index in [-0.39, 0.29) is 18.4 Å². The van der Waals surface area contributed by atoms with Gasteiger partial charge in [-0.05, 0) is 67.5 Å². The fourth-order valence-corrected chi connectivity index (χ4v) is 6.66. The third kappa shape index (κ3) is 5.65. The summed E-state index contributed by atoms with van der Waals surface area (Å²) in [6.45, 7) is 12.0. The molecule has 2 atom stereocenters. The number of piperazine rings is 1. The molecule has 0 bridgehead atoms. The van der Waals surface area contributed by atoms with Crippen molar-refractivity contribution >= 4 is 28.2 Å². The summed E-state index contributed by atoms with van der Waals surface area (Å²) in [4.78, 5) is 28.9. The lowest BCUT2D eigenvalue weighted by Gasteiger charge is -2.42. The van der Waals surface area contributed by atoms with Gasteiger partial charge >= 0.3 is 6.01 Å². The van der Waals surface area contributed by atoms with Crippen LogP contribution in [0.5, 0.6) is 6.01 Å². The predicted octanol–water partition coefficient (Wildman–Crippen LogP) is 5.43. The van der Waals surface area contributed by atoms with Crippen LogP contribution in [0.4, 0.5) is 11.5 Å². The van der Waals surface area contributed by atoms with Gasteiger partial charge in [0.05, 0.1) is 37.4 Å². The molecule has 1 saturated carbocycles. The number of carbonyl (C=O) groups is 1. The summed E-state index contributed by atoms with van der Waals surface area (Å²) in [6, 6.07) is 15.4. The molecule has 1 aliphatic carbocycles. The van der Waals surface area contributed by atoms with Crippen molar-refractivity contribution in [3.8, 4) is 12.1 Å². The number of carbonyl (C=O) groups excluding carboxylic acids is 1. The Morgan fingerprint density at radius 3 is 2.74 bits per heavy atom. The van der Waals surface area contributed by atoms with Crippen molar-refractivity contribution in [2.24, 2.45) is 11.8 Å². The highest BCUT2D eigenvalue weighted by molar-refractivity contribution is 5.97. The molecule has 3 heterocycles. The molecular formula is C34H40N6O2. The highest BCUT2D eigenvalue weighted by Gasteiger charge is 2.33. The van der Waals surface area contributed by atoms with E-state index < -0.39 is 0 Å². The average molecular weight is 565 g/mol. The number of hydrogen-bond acceptors (Lipinski definition) is 7. The molecule has 8 heteroatoms. The maximum Gasteiger partial charge on any atom is 0.318 e. The number of benzene rings is 2. The van der Waals surface area contributed by atoms with Gasteiger partial charge in [0.1, 0.15) is 5.82 Å². The SMILES string of the molecule is C=CC(=O)N1CCN(c2nc(OCCC(C)C3CC3)nc3c2CCN(c2cccc4cccc(C)c24)C3)C[C@@H]1CC#N. The molecule has 2 aromatic carbocycles. The number of fused-ring (bicyclic) bond motifs is 2. The van der Waals surface area contributed by atoms with E-state index in [2.05, 4.69) is 72.7 Å². The standard InChI is InChI=1S/C34H40N6O2/c1-4-31(41)40-19-18-39(21-27(40)13-16-35)33-28-14-17-38(30-10-6-9-26-8-5-7-24(3)32(26)30)22-29(28)36-34(37-33)42-20-15-23(2)25-11-12-25/h4-10,23,25,27H,1,11-15,17-22H2,2-3H3/t23?,27-/m0/s1. The summed E-state index contributed by atoms with van der Waals surface area (Å²) >= 11 is 0. The number of aryl methyl sites for hydroxylation is 1. The van der Waals surface area contributed by atoms with Crippen LogP contribution in [-0.4, -0.2) is 59.6 Å². The molecular weight excluding hydrogens is 524 g/mol. The van der Waals surface area contributed by atoms with E-state index in [1.807, 2.05) is 0 Å². The quantitative estimate of drug-likeness (QED) is 0.320. The largest absolute Gasteiger partial charge is 0.463 e. The maximum atomic E-state index is 12.5. The van der Waals surface area contributed by atoms with Gasteiger partial charge in [-0.2, -0.15) is 15.2 Å². The van der Waals surface area contributed by atoms with Crippen LogP contribution in [0, 0.1) is 30.1 Å². The molecule has 1 amide bonds. The maximum absolute atomic E-state index is 12.5. The zero-order valence-corrected chi connectivity index (χ0v) is 24.8. The summed E-state index contributed by atoms with van der Waals surface area (Å²) in [7, 11) is 0. The molecule has 3 aromatic rings. The molecule has 0 N–H and O–H groups in total. The minimum absolute atomic E-state index is 0.130. The Bertz CT molecular complexity index is 1520. The summed E-state index contributed by atoms with van der Waals surface area (Å²) in [5.41, 5.74) is 4.62. The zero-order valence-electron chi connectivity index (χ0n) is 24.8. The zero-order chi connectivity index (χ0) is 29.2. The number of aromatic nitrogens is 2. The van der Waals surface area contributed by atoms with E-state index >= 15 is 0 Å². The Balaban J connectivity index is 1.31. The number of nitriles is 1. The molecule has 1 unspecified atom stereocenters. The van der Waals surface area contributed by atoms with E-state index in [0.29, 0.717) is 44.7 Å². The Hall–Kier alpha value is -4.12. The summed E-state index contributed by atoms with van der Waals surface area (Å²) in [6.07, 6.45) is 6.06. The van der Waals surface area contributed by atoms with Crippen LogP contribution in [0.1, 0.15) is 49.4 Å². The van der Waals surface area contributed by atoms with Crippen molar-refractivity contribution in [1.29, 1.82) is 5.26 Å². The predicted molar refractivity (Wildman–Crippen MR) is 166 cm³/mol. The lowest BCUT2D eigenvalue weighted by molar-refractivity contribution is -0.128. The second-order valence-corrected chi connectivity index (χ2v) is 12.0. The van der Waals surface area contributed by atoms with Crippen molar-refractivity contribution < 1.29 is 9.53 Å². The van der Waals surface area contributed by atoms with Crippen LogP contribution in [-0.2, 0) is 17.8 Å². The summed E-state index contributed by atoms with van der Waals surface area (Å²) in [5.74, 6) is 2.23. The number of nitrogens with zero attached hydrogens (tertiary/aromatic N) is 6. The monoisotopic (exact) mass is 564 g/mol. The van der Waals surface area contributed by atoms with Gasteiger partial charge in [-0.15, -0.1) is 0 Å². The Morgan fingerprint density at radius 2 is 1.98 bits per heavy atom. The molecule has 218 valence electrons. The second kappa shape index (κ2) is 12.0. The second-order valence-electron chi connectivity index (χ2n) is 12.0. The van der Waals surface area contributed by atoms with Crippen molar-refractivity contribution in [2.45, 2.75) is 58.5 Å². The van der Waals surface area contributed by atoms with Crippen LogP contribution >= 0.6 is 0 Å². The van der Waals surface area contributed by atoms with Gasteiger partial charge in [-0.3, -0.25) is 4.79 Å². The van der Waals surface area contributed by atoms with Gasteiger partial charge in [0.15, 0.2) is 0 Å². The molecule has 1 saturated heterocycles. The Kier molecular flexibility index (Phi) is 8.01. The third-order valence-electron chi connectivity index (χ3n) is 9.25. The van der Waals surface area contributed by atoms with E-state index in [1.165, 1.54) is 40.9 Å². The van der Waals surface area contributed by atoms with Crippen LogP contribution < -0.4 is 14.5 Å². The molecule has 6 rings (SSSR count). The topological polar surface area (TPSA) is 85.6 Å². The first kappa shape index (κ1) is 28.0. The molecule has 42 heavy (non-hydrogen) atoms. The number of amides is 1. The molecule has 0 radical (unpaired) electrons. The highest BCUT2D eigenvalue weighted by atomic mass is 16.5. The fourth-order valence-electron chi connectivity index (χ4n) is 6.66. The minimum Gasteiger partial charge on any atom is -0.463 e. The van der Waals surface area contributed by atoms with Crippen LogP contribution in [0.2, 0.25) is 0 Å². The lowest BCUT2D eigenvalue weighted by atomic mass is 9.99. The third-order valence-corrected chi connectivity index (χ3v) is 9.25. The van der Waals surface area contributed by atoms with Gasteiger partial charge in [0.2, 0.25) is 5.91 Å². The first-order chi connectivity index (χ1) is 20.5. The highest BCUT2D eigenvalue weighted by Crippen LogP contribution is 2.39. The Morgan fingerprint density at radius 1 is 1.17 bits per heavy atom. The first-order valence-electron chi connectivity index (χ1n) is 15.3. The van der Waals surface area contributed by atoms with Gasteiger partial charge in [0.25, 0.3) is 0 Å². The first-order valence-corrected chi connectivity index (χ1v) is 15.3. The molecule has 2 fully saturated rings. The number of rotatable bonds is 9. The normalized spacial score (nSPS) is 19.3. The number of hydrogen-bond donors (Lipinski definition) is 0. The molecule has 2 aliphatic heterocycles.